The molecular formula is C18H14FN5O2S. The average Bonchev–Trinajstić information content (AvgIpc) is 3.35. The van der Waals surface area contributed by atoms with Gasteiger partial charge in [0.25, 0.3) is 10.0 Å². The lowest BCUT2D eigenvalue weighted by Crippen LogP contribution is -2.13. The molecule has 7 nitrogen and oxygen atoms in total. The Morgan fingerprint density at radius 2 is 1.78 bits per heavy atom. The van der Waals surface area contributed by atoms with Gasteiger partial charge in [-0.2, -0.15) is 10.2 Å². The Morgan fingerprint density at radius 3 is 2.48 bits per heavy atom. The highest BCUT2D eigenvalue weighted by atomic mass is 32.2. The minimum atomic E-state index is -3.91. The van der Waals surface area contributed by atoms with Gasteiger partial charge in [-0.05, 0) is 30.3 Å². The molecule has 2 aromatic heterocycles. The van der Waals surface area contributed by atoms with Crippen molar-refractivity contribution >= 4 is 15.7 Å². The van der Waals surface area contributed by atoms with E-state index >= 15 is 0 Å². The largest absolute Gasteiger partial charge is 0.279 e. The van der Waals surface area contributed by atoms with Gasteiger partial charge < -0.3 is 0 Å². The van der Waals surface area contributed by atoms with Crippen molar-refractivity contribution in [2.45, 2.75) is 4.90 Å². The summed E-state index contributed by atoms with van der Waals surface area (Å²) in [6, 6.07) is 14.8. The van der Waals surface area contributed by atoms with Crippen LogP contribution in [0.4, 0.5) is 10.1 Å². The molecule has 0 fully saturated rings. The molecule has 0 saturated heterocycles. The molecule has 2 aromatic carbocycles. The number of sulfonamides is 1. The second-order valence-corrected chi connectivity index (χ2v) is 7.36. The summed E-state index contributed by atoms with van der Waals surface area (Å²) in [5.74, 6) is -0.598. The molecule has 4 rings (SSSR count). The number of nitrogens with one attached hydrogen (secondary N) is 1. The van der Waals surface area contributed by atoms with E-state index in [0.29, 0.717) is 0 Å². The minimum Gasteiger partial charge on any atom is -0.279 e. The quantitative estimate of drug-likeness (QED) is 0.574. The molecule has 2 heterocycles. The van der Waals surface area contributed by atoms with Crippen molar-refractivity contribution < 1.29 is 12.8 Å². The number of hydrogen-bond donors (Lipinski definition) is 1. The van der Waals surface area contributed by atoms with Gasteiger partial charge >= 0.3 is 0 Å². The number of benzene rings is 2. The van der Waals surface area contributed by atoms with Crippen LogP contribution in [0.5, 0.6) is 0 Å². The van der Waals surface area contributed by atoms with Gasteiger partial charge in [-0.3, -0.25) is 4.72 Å². The molecule has 0 aliphatic carbocycles. The van der Waals surface area contributed by atoms with Gasteiger partial charge in [0.15, 0.2) is 5.82 Å². The number of anilines is 1. The van der Waals surface area contributed by atoms with Crippen LogP contribution >= 0.6 is 0 Å². The fraction of sp³-hybridized carbons (Fsp3) is 0. The molecule has 9 heteroatoms. The van der Waals surface area contributed by atoms with E-state index in [4.69, 9.17) is 0 Å². The van der Waals surface area contributed by atoms with Crippen LogP contribution in [0.2, 0.25) is 0 Å². The molecule has 0 unspecified atom stereocenters. The maximum Gasteiger partial charge on any atom is 0.265 e. The monoisotopic (exact) mass is 383 g/mol. The van der Waals surface area contributed by atoms with Gasteiger partial charge in [-0.25, -0.2) is 22.2 Å². The van der Waals surface area contributed by atoms with Crippen molar-refractivity contribution in [1.29, 1.82) is 0 Å². The summed E-state index contributed by atoms with van der Waals surface area (Å²) in [6.45, 7) is 0. The first-order valence-electron chi connectivity index (χ1n) is 7.95. The molecular weight excluding hydrogens is 369 g/mol. The van der Waals surface area contributed by atoms with Crippen molar-refractivity contribution in [3.8, 4) is 11.4 Å². The molecule has 27 heavy (non-hydrogen) atoms. The van der Waals surface area contributed by atoms with Crippen LogP contribution in [-0.4, -0.2) is 28.0 Å². The summed E-state index contributed by atoms with van der Waals surface area (Å²) in [5.41, 5.74) is 1.06. The summed E-state index contributed by atoms with van der Waals surface area (Å²) >= 11 is 0. The van der Waals surface area contributed by atoms with E-state index in [2.05, 4.69) is 14.9 Å². The molecule has 0 spiro atoms. The fourth-order valence-corrected chi connectivity index (χ4v) is 3.53. The summed E-state index contributed by atoms with van der Waals surface area (Å²) < 4.78 is 44.6. The fourth-order valence-electron chi connectivity index (χ4n) is 2.55. The van der Waals surface area contributed by atoms with Crippen LogP contribution in [0.1, 0.15) is 0 Å². The molecule has 0 aliphatic heterocycles. The summed E-state index contributed by atoms with van der Waals surface area (Å²) in [6.07, 6.45) is 5.76. The summed E-state index contributed by atoms with van der Waals surface area (Å²) in [5, 5.41) is 8.03. The van der Waals surface area contributed by atoms with Crippen LogP contribution in [0.3, 0.4) is 0 Å². The van der Waals surface area contributed by atoms with Crippen molar-refractivity contribution in [1.82, 2.24) is 19.6 Å². The highest BCUT2D eigenvalue weighted by molar-refractivity contribution is 7.92. The zero-order valence-electron chi connectivity index (χ0n) is 13.9. The van der Waals surface area contributed by atoms with E-state index in [1.165, 1.54) is 40.1 Å². The Morgan fingerprint density at radius 1 is 0.963 bits per heavy atom. The van der Waals surface area contributed by atoms with Crippen molar-refractivity contribution in [3.05, 3.63) is 85.2 Å². The lowest BCUT2D eigenvalue weighted by Gasteiger charge is -2.09. The SMILES string of the molecule is O=S(=O)(Nc1ccc(-n2cccn2)c(F)c1)c1cnn(-c2ccccc2)c1. The van der Waals surface area contributed by atoms with Crippen molar-refractivity contribution in [2.75, 3.05) is 4.72 Å². The number of para-hydroxylation sites is 1. The molecule has 136 valence electrons. The normalized spacial score (nSPS) is 11.4. The van der Waals surface area contributed by atoms with Gasteiger partial charge in [-0.1, -0.05) is 18.2 Å². The number of nitrogens with zero attached hydrogens (tertiary/aromatic N) is 4. The highest BCUT2D eigenvalue weighted by Crippen LogP contribution is 2.21. The third-order valence-electron chi connectivity index (χ3n) is 3.84. The molecule has 0 bridgehead atoms. The van der Waals surface area contributed by atoms with E-state index < -0.39 is 15.8 Å². The van der Waals surface area contributed by atoms with Gasteiger partial charge in [0, 0.05) is 18.5 Å². The van der Waals surface area contributed by atoms with Crippen molar-refractivity contribution in [2.24, 2.45) is 0 Å². The second kappa shape index (κ2) is 6.69. The summed E-state index contributed by atoms with van der Waals surface area (Å²) in [7, 11) is -3.91. The highest BCUT2D eigenvalue weighted by Gasteiger charge is 2.18. The Kier molecular flexibility index (Phi) is 4.21. The lowest BCUT2D eigenvalue weighted by molar-refractivity contribution is 0.600. The van der Waals surface area contributed by atoms with Gasteiger partial charge in [0.05, 0.1) is 23.8 Å². The van der Waals surface area contributed by atoms with Crippen LogP contribution in [0, 0.1) is 5.82 Å². The Labute approximate surface area is 154 Å². The van der Waals surface area contributed by atoms with E-state index in [1.807, 2.05) is 18.2 Å². The van der Waals surface area contributed by atoms with E-state index in [1.54, 1.807) is 24.4 Å². The standard InChI is InChI=1S/C18H14FN5O2S/c19-17-11-14(7-8-18(17)23-10-4-9-20-23)22-27(25,26)16-12-21-24(13-16)15-5-2-1-3-6-15/h1-13,22H. The first-order chi connectivity index (χ1) is 13.0. The zero-order chi connectivity index (χ0) is 18.9. The second-order valence-electron chi connectivity index (χ2n) is 5.68. The Hall–Kier alpha value is -3.46. The molecule has 1 N–H and O–H groups in total. The maximum absolute atomic E-state index is 14.3. The van der Waals surface area contributed by atoms with Gasteiger partial charge in [0.2, 0.25) is 0 Å². The molecule has 0 atom stereocenters. The average molecular weight is 383 g/mol. The molecule has 4 aromatic rings. The number of halogens is 1. The molecule has 0 aliphatic rings. The molecule has 0 amide bonds. The third kappa shape index (κ3) is 3.44. The Balaban J connectivity index is 1.59. The predicted octanol–water partition coefficient (Wildman–Crippen LogP) is 3.00. The van der Waals surface area contributed by atoms with Crippen LogP contribution in [-0.2, 0) is 10.0 Å². The maximum atomic E-state index is 14.3. The minimum absolute atomic E-state index is 0.0251. The van der Waals surface area contributed by atoms with Gasteiger partial charge in [0.1, 0.15) is 10.6 Å². The van der Waals surface area contributed by atoms with E-state index in [-0.39, 0.29) is 16.3 Å². The Bertz CT molecular complexity index is 1170. The zero-order valence-corrected chi connectivity index (χ0v) is 14.7. The lowest BCUT2D eigenvalue weighted by atomic mass is 10.3. The predicted molar refractivity (Wildman–Crippen MR) is 97.9 cm³/mol. The van der Waals surface area contributed by atoms with Crippen LogP contribution < -0.4 is 4.72 Å². The number of rotatable bonds is 5. The van der Waals surface area contributed by atoms with Gasteiger partial charge in [-0.15, -0.1) is 0 Å². The van der Waals surface area contributed by atoms with Crippen LogP contribution in [0.15, 0.2) is 84.3 Å². The number of hydrogen-bond acceptors (Lipinski definition) is 4. The van der Waals surface area contributed by atoms with Crippen molar-refractivity contribution in [3.63, 3.8) is 0 Å². The third-order valence-corrected chi connectivity index (χ3v) is 5.18. The van der Waals surface area contributed by atoms with E-state index in [9.17, 15) is 12.8 Å². The molecule has 0 saturated carbocycles. The number of aromatic nitrogens is 4. The van der Waals surface area contributed by atoms with E-state index in [0.717, 1.165) is 11.8 Å². The topological polar surface area (TPSA) is 81.8 Å². The molecule has 0 radical (unpaired) electrons. The first kappa shape index (κ1) is 17.0. The smallest absolute Gasteiger partial charge is 0.265 e. The van der Waals surface area contributed by atoms with Crippen LogP contribution in [0.25, 0.3) is 11.4 Å². The summed E-state index contributed by atoms with van der Waals surface area (Å²) in [4.78, 5) is -0.0251. The first-order valence-corrected chi connectivity index (χ1v) is 9.44.